The first kappa shape index (κ1) is 14.6. The van der Waals surface area contributed by atoms with Crippen LogP contribution in [0.3, 0.4) is 0 Å². The molecule has 1 N–H and O–H groups in total. The first-order valence-electron chi connectivity index (χ1n) is 7.42. The highest BCUT2D eigenvalue weighted by Gasteiger charge is 2.41. The Balaban J connectivity index is 1.84. The van der Waals surface area contributed by atoms with Crippen LogP contribution in [0.1, 0.15) is 44.6 Å². The van der Waals surface area contributed by atoms with Gasteiger partial charge in [-0.1, -0.05) is 43.2 Å². The number of amides is 1. The molecule has 1 atom stereocenters. The van der Waals surface area contributed by atoms with Crippen LogP contribution in [0.25, 0.3) is 0 Å². The molecule has 1 aromatic rings. The summed E-state index contributed by atoms with van der Waals surface area (Å²) in [6, 6.07) is 12.6. The molecule has 1 aliphatic rings. The number of carbonyl (C=O) groups excluding carboxylic acids is 1. The number of nitriles is 1. The molecular weight excluding hydrogens is 248 g/mol. The lowest BCUT2D eigenvalue weighted by molar-refractivity contribution is -0.128. The van der Waals surface area contributed by atoms with Crippen molar-refractivity contribution in [3.63, 3.8) is 0 Å². The molecule has 1 fully saturated rings. The fourth-order valence-electron chi connectivity index (χ4n) is 2.83. The van der Waals surface area contributed by atoms with Crippen LogP contribution in [-0.2, 0) is 11.2 Å². The number of nitrogens with zero attached hydrogens (tertiary/aromatic N) is 1. The van der Waals surface area contributed by atoms with Crippen LogP contribution in [0.15, 0.2) is 30.3 Å². The van der Waals surface area contributed by atoms with Crippen LogP contribution in [-0.4, -0.2) is 11.9 Å². The predicted octanol–water partition coefficient (Wildman–Crippen LogP) is 3.21. The van der Waals surface area contributed by atoms with E-state index < -0.39 is 5.41 Å². The summed E-state index contributed by atoms with van der Waals surface area (Å²) in [6.07, 6.45) is 5.24. The van der Waals surface area contributed by atoms with E-state index in [1.54, 1.807) is 0 Å². The van der Waals surface area contributed by atoms with Gasteiger partial charge in [-0.2, -0.15) is 5.26 Å². The zero-order valence-electron chi connectivity index (χ0n) is 12.1. The Kier molecular flexibility index (Phi) is 4.79. The minimum atomic E-state index is -0.763. The summed E-state index contributed by atoms with van der Waals surface area (Å²) < 4.78 is 0. The van der Waals surface area contributed by atoms with Gasteiger partial charge >= 0.3 is 0 Å². The second-order valence-electron chi connectivity index (χ2n) is 5.80. The van der Waals surface area contributed by atoms with Crippen molar-refractivity contribution < 1.29 is 4.79 Å². The highest BCUT2D eigenvalue weighted by molar-refractivity contribution is 5.85. The van der Waals surface area contributed by atoms with Crippen molar-refractivity contribution >= 4 is 5.91 Å². The smallest absolute Gasteiger partial charge is 0.240 e. The van der Waals surface area contributed by atoms with Gasteiger partial charge in [-0.15, -0.1) is 0 Å². The summed E-state index contributed by atoms with van der Waals surface area (Å²) in [6.45, 7) is 2.01. The number of nitrogens with one attached hydrogen (secondary N) is 1. The third kappa shape index (κ3) is 3.39. The minimum Gasteiger partial charge on any atom is -0.352 e. The van der Waals surface area contributed by atoms with Crippen LogP contribution >= 0.6 is 0 Å². The standard InChI is InChI=1S/C17H22N2O/c1-14(9-10-15-7-3-2-4-8-15)19-16(20)17(13-18)11-5-6-12-17/h2-4,7-8,14H,5-6,9-12H2,1H3,(H,19,20)/t14-/m1/s1. The molecule has 1 aromatic carbocycles. The summed E-state index contributed by atoms with van der Waals surface area (Å²) in [5, 5.41) is 12.3. The van der Waals surface area contributed by atoms with Gasteiger partial charge in [0, 0.05) is 6.04 Å². The first-order valence-corrected chi connectivity index (χ1v) is 7.42. The van der Waals surface area contributed by atoms with Crippen molar-refractivity contribution in [2.24, 2.45) is 5.41 Å². The van der Waals surface area contributed by atoms with E-state index in [9.17, 15) is 10.1 Å². The van der Waals surface area contributed by atoms with E-state index in [4.69, 9.17) is 0 Å². The average molecular weight is 270 g/mol. The predicted molar refractivity (Wildman–Crippen MR) is 78.9 cm³/mol. The highest BCUT2D eigenvalue weighted by atomic mass is 16.2. The Morgan fingerprint density at radius 3 is 2.60 bits per heavy atom. The topological polar surface area (TPSA) is 52.9 Å². The lowest BCUT2D eigenvalue weighted by atomic mass is 9.86. The van der Waals surface area contributed by atoms with Crippen LogP contribution < -0.4 is 5.32 Å². The summed E-state index contributed by atoms with van der Waals surface area (Å²) in [4.78, 5) is 12.3. The fraction of sp³-hybridized carbons (Fsp3) is 0.529. The van der Waals surface area contributed by atoms with Crippen molar-refractivity contribution in [3.05, 3.63) is 35.9 Å². The largest absolute Gasteiger partial charge is 0.352 e. The Labute approximate surface area is 121 Å². The summed E-state index contributed by atoms with van der Waals surface area (Å²) in [5.74, 6) is -0.0712. The molecule has 0 aromatic heterocycles. The minimum absolute atomic E-state index is 0.0712. The molecule has 106 valence electrons. The number of hydrogen-bond acceptors (Lipinski definition) is 2. The van der Waals surface area contributed by atoms with Crippen molar-refractivity contribution in [1.82, 2.24) is 5.32 Å². The molecule has 0 heterocycles. The fourth-order valence-corrected chi connectivity index (χ4v) is 2.83. The first-order chi connectivity index (χ1) is 9.66. The molecule has 20 heavy (non-hydrogen) atoms. The van der Waals surface area contributed by atoms with Crippen LogP contribution in [0.4, 0.5) is 0 Å². The SMILES string of the molecule is C[C@H](CCc1ccccc1)NC(=O)C1(C#N)CCCC1. The molecule has 0 unspecified atom stereocenters. The van der Waals surface area contributed by atoms with E-state index in [1.807, 2.05) is 25.1 Å². The van der Waals surface area contributed by atoms with E-state index in [-0.39, 0.29) is 11.9 Å². The van der Waals surface area contributed by atoms with E-state index in [0.29, 0.717) is 12.8 Å². The van der Waals surface area contributed by atoms with Gasteiger partial charge < -0.3 is 5.32 Å². The van der Waals surface area contributed by atoms with E-state index in [0.717, 1.165) is 25.7 Å². The van der Waals surface area contributed by atoms with E-state index in [1.165, 1.54) is 5.56 Å². The summed E-state index contributed by atoms with van der Waals surface area (Å²) in [5.41, 5.74) is 0.519. The summed E-state index contributed by atoms with van der Waals surface area (Å²) >= 11 is 0. The lowest BCUT2D eigenvalue weighted by Gasteiger charge is -2.22. The number of rotatable bonds is 5. The molecule has 0 radical (unpaired) electrons. The maximum absolute atomic E-state index is 12.3. The molecule has 0 aliphatic heterocycles. The Bertz CT molecular complexity index is 483. The number of benzene rings is 1. The normalized spacial score (nSPS) is 18.2. The molecule has 0 bridgehead atoms. The number of hydrogen-bond donors (Lipinski definition) is 1. The van der Waals surface area contributed by atoms with Crippen molar-refractivity contribution in [1.29, 1.82) is 5.26 Å². The van der Waals surface area contributed by atoms with Gasteiger partial charge in [0.25, 0.3) is 0 Å². The van der Waals surface area contributed by atoms with Gasteiger partial charge in [-0.05, 0) is 38.2 Å². The molecule has 1 aliphatic carbocycles. The monoisotopic (exact) mass is 270 g/mol. The number of aryl methyl sites for hydroxylation is 1. The zero-order chi connectivity index (χ0) is 14.4. The maximum atomic E-state index is 12.3. The van der Waals surface area contributed by atoms with Crippen molar-refractivity contribution in [2.45, 2.75) is 51.5 Å². The van der Waals surface area contributed by atoms with Gasteiger partial charge in [0.2, 0.25) is 5.91 Å². The second kappa shape index (κ2) is 6.56. The Morgan fingerprint density at radius 2 is 2.00 bits per heavy atom. The molecule has 0 saturated heterocycles. The molecule has 1 amide bonds. The second-order valence-corrected chi connectivity index (χ2v) is 5.80. The van der Waals surface area contributed by atoms with Crippen LogP contribution in [0.5, 0.6) is 0 Å². The van der Waals surface area contributed by atoms with Gasteiger partial charge in [0.05, 0.1) is 6.07 Å². The third-order valence-corrected chi connectivity index (χ3v) is 4.19. The number of carbonyl (C=O) groups is 1. The van der Waals surface area contributed by atoms with E-state index >= 15 is 0 Å². The highest BCUT2D eigenvalue weighted by Crippen LogP contribution is 2.37. The van der Waals surface area contributed by atoms with Gasteiger partial charge in [0.1, 0.15) is 5.41 Å². The Morgan fingerprint density at radius 1 is 1.35 bits per heavy atom. The average Bonchev–Trinajstić information content (AvgIpc) is 2.96. The van der Waals surface area contributed by atoms with Crippen molar-refractivity contribution in [3.8, 4) is 6.07 Å². The van der Waals surface area contributed by atoms with Crippen molar-refractivity contribution in [2.75, 3.05) is 0 Å². The lowest BCUT2D eigenvalue weighted by Crippen LogP contribution is -2.42. The van der Waals surface area contributed by atoms with Gasteiger partial charge in [-0.25, -0.2) is 0 Å². The van der Waals surface area contributed by atoms with Gasteiger partial charge in [-0.3, -0.25) is 4.79 Å². The van der Waals surface area contributed by atoms with Crippen LogP contribution in [0, 0.1) is 16.7 Å². The maximum Gasteiger partial charge on any atom is 0.240 e. The molecule has 0 spiro atoms. The Hall–Kier alpha value is -1.82. The quantitative estimate of drug-likeness (QED) is 0.893. The van der Waals surface area contributed by atoms with E-state index in [2.05, 4.69) is 23.5 Å². The molecule has 3 nitrogen and oxygen atoms in total. The molecular formula is C17H22N2O. The molecule has 3 heteroatoms. The van der Waals surface area contributed by atoms with Gasteiger partial charge in [0.15, 0.2) is 0 Å². The molecule has 1 saturated carbocycles. The van der Waals surface area contributed by atoms with Crippen LogP contribution in [0.2, 0.25) is 0 Å². The third-order valence-electron chi connectivity index (χ3n) is 4.19. The zero-order valence-corrected chi connectivity index (χ0v) is 12.1. The summed E-state index contributed by atoms with van der Waals surface area (Å²) in [7, 11) is 0. The molecule has 2 rings (SSSR count).